The van der Waals surface area contributed by atoms with Crippen LogP contribution in [0.25, 0.3) is 17.1 Å². The van der Waals surface area contributed by atoms with Crippen molar-refractivity contribution >= 4 is 0 Å². The monoisotopic (exact) mass is 453 g/mol. The first-order valence-corrected chi connectivity index (χ1v) is 11.6. The number of benzene rings is 2. The number of aromatic nitrogens is 3. The highest BCUT2D eigenvalue weighted by molar-refractivity contribution is 5.71. The number of phenols is 1. The molecule has 0 bridgehead atoms. The van der Waals surface area contributed by atoms with Crippen LogP contribution in [0.15, 0.2) is 71.6 Å². The smallest absolute Gasteiger partial charge is 0.278 e. The number of imidazole rings is 1. The van der Waals surface area contributed by atoms with Gasteiger partial charge in [0, 0.05) is 12.0 Å². The predicted molar refractivity (Wildman–Crippen MR) is 129 cm³/mol. The van der Waals surface area contributed by atoms with Crippen LogP contribution in [0.3, 0.4) is 0 Å². The van der Waals surface area contributed by atoms with Crippen molar-refractivity contribution in [3.05, 3.63) is 111 Å². The normalized spacial score (nSPS) is 16.6. The molecule has 2 aliphatic carbocycles. The summed E-state index contributed by atoms with van der Waals surface area (Å²) in [7, 11) is 0. The molecule has 2 heterocycles. The highest BCUT2D eigenvalue weighted by Gasteiger charge is 2.29. The first-order chi connectivity index (χ1) is 16.6. The second-order valence-electron chi connectivity index (χ2n) is 9.11. The minimum Gasteiger partial charge on any atom is -0.508 e. The van der Waals surface area contributed by atoms with Crippen molar-refractivity contribution in [3.8, 4) is 22.8 Å². The third-order valence-electron chi connectivity index (χ3n) is 6.82. The molecule has 0 saturated carbocycles. The zero-order chi connectivity index (χ0) is 23.2. The van der Waals surface area contributed by atoms with Crippen molar-refractivity contribution in [2.45, 2.75) is 32.1 Å². The number of aromatic amines is 1. The second-order valence-corrected chi connectivity index (χ2v) is 9.11. The van der Waals surface area contributed by atoms with E-state index >= 15 is 0 Å². The first-order valence-electron chi connectivity index (χ1n) is 11.6. The molecule has 2 aliphatic heterocycles. The third-order valence-corrected chi connectivity index (χ3v) is 6.82. The van der Waals surface area contributed by atoms with Gasteiger partial charge in [-0.3, -0.25) is 9.36 Å². The van der Waals surface area contributed by atoms with Gasteiger partial charge in [-0.1, -0.05) is 36.4 Å². The molecular formula is C28H24FN3O2. The van der Waals surface area contributed by atoms with E-state index in [0.717, 1.165) is 53.0 Å². The fraction of sp³-hybridized carbons (Fsp3) is 0.214. The number of hydrogen-bond acceptors (Lipinski definition) is 3. The standard InChI is InChI=1S/C28H24FN3O2/c29-20-9-6-18(7-10-20)15-24-28(34)32-25-13-8-19-16-21(33)11-12-22(19)26(25)30-23(27(32)31-24)14-17-4-2-1-3-5-17/h1-4,6-7,9-12,16-17,30,33H,5,8,13-15H2. The van der Waals surface area contributed by atoms with Crippen LogP contribution in [-0.4, -0.2) is 19.6 Å². The number of fused-ring (bicyclic) bond motifs is 5. The van der Waals surface area contributed by atoms with Crippen LogP contribution in [0.4, 0.5) is 4.39 Å². The molecule has 1 unspecified atom stereocenters. The minimum atomic E-state index is -0.300. The number of hydrogen-bond donors (Lipinski definition) is 2. The lowest BCUT2D eigenvalue weighted by Gasteiger charge is -2.25. The summed E-state index contributed by atoms with van der Waals surface area (Å²) in [6.07, 6.45) is 11.9. The highest BCUT2D eigenvalue weighted by Crippen LogP contribution is 2.36. The van der Waals surface area contributed by atoms with Crippen LogP contribution in [0.1, 0.15) is 34.6 Å². The quantitative estimate of drug-likeness (QED) is 0.463. The van der Waals surface area contributed by atoms with E-state index in [1.54, 1.807) is 28.8 Å². The maximum Gasteiger partial charge on any atom is 0.278 e. The fourth-order valence-electron chi connectivity index (χ4n) is 5.14. The highest BCUT2D eigenvalue weighted by atomic mass is 19.1. The van der Waals surface area contributed by atoms with Gasteiger partial charge in [0.05, 0.1) is 17.1 Å². The van der Waals surface area contributed by atoms with Crippen LogP contribution in [0.5, 0.6) is 5.75 Å². The lowest BCUT2D eigenvalue weighted by molar-refractivity contribution is 0.474. The van der Waals surface area contributed by atoms with Crippen LogP contribution >= 0.6 is 0 Å². The number of allylic oxidation sites excluding steroid dienone is 4. The molecule has 1 atom stereocenters. The molecule has 0 radical (unpaired) electrons. The van der Waals surface area contributed by atoms with E-state index < -0.39 is 0 Å². The van der Waals surface area contributed by atoms with Gasteiger partial charge in [0.2, 0.25) is 0 Å². The van der Waals surface area contributed by atoms with Crippen molar-refractivity contribution in [2.75, 3.05) is 0 Å². The summed E-state index contributed by atoms with van der Waals surface area (Å²) >= 11 is 0. The van der Waals surface area contributed by atoms with E-state index in [2.05, 4.69) is 29.3 Å². The van der Waals surface area contributed by atoms with Gasteiger partial charge >= 0.3 is 0 Å². The van der Waals surface area contributed by atoms with Gasteiger partial charge in [-0.05, 0) is 73.1 Å². The molecule has 0 amide bonds. The van der Waals surface area contributed by atoms with E-state index in [-0.39, 0.29) is 17.1 Å². The molecule has 2 N–H and O–H groups in total. The molecule has 2 aromatic rings. The zero-order valence-electron chi connectivity index (χ0n) is 18.6. The maximum absolute atomic E-state index is 13.6. The predicted octanol–water partition coefficient (Wildman–Crippen LogP) is 4.87. The Morgan fingerprint density at radius 1 is 1.12 bits per heavy atom. The Balaban J connectivity index is 1.52. The fourth-order valence-corrected chi connectivity index (χ4v) is 5.14. The van der Waals surface area contributed by atoms with Gasteiger partial charge in [0.15, 0.2) is 5.82 Å². The number of phenolic OH excluding ortho intramolecular Hbond substituents is 1. The molecule has 6 heteroatoms. The maximum atomic E-state index is 13.6. The zero-order valence-corrected chi connectivity index (χ0v) is 18.6. The third kappa shape index (κ3) is 3.55. The Morgan fingerprint density at radius 3 is 2.76 bits per heavy atom. The molecule has 170 valence electrons. The van der Waals surface area contributed by atoms with E-state index in [0.29, 0.717) is 30.3 Å². The number of rotatable bonds is 4. The van der Waals surface area contributed by atoms with E-state index in [4.69, 9.17) is 4.98 Å². The molecule has 2 aromatic carbocycles. The van der Waals surface area contributed by atoms with Gasteiger partial charge in [0.25, 0.3) is 5.56 Å². The molecule has 0 saturated heterocycles. The van der Waals surface area contributed by atoms with Crippen LogP contribution in [0, 0.1) is 11.7 Å². The molecule has 0 spiro atoms. The average Bonchev–Trinajstić information content (AvgIpc) is 3.17. The van der Waals surface area contributed by atoms with Crippen molar-refractivity contribution in [1.82, 2.24) is 14.5 Å². The van der Waals surface area contributed by atoms with Gasteiger partial charge < -0.3 is 10.1 Å². The Hall–Kier alpha value is -3.93. The second kappa shape index (κ2) is 8.13. The lowest BCUT2D eigenvalue weighted by Crippen LogP contribution is -2.25. The van der Waals surface area contributed by atoms with Crippen molar-refractivity contribution < 1.29 is 9.50 Å². The Kier molecular flexibility index (Phi) is 4.94. The van der Waals surface area contributed by atoms with Crippen LogP contribution in [-0.2, 0) is 25.7 Å². The number of aryl methyl sites for hydroxylation is 1. The molecule has 4 aliphatic rings. The summed E-state index contributed by atoms with van der Waals surface area (Å²) < 4.78 is 15.1. The topological polar surface area (TPSA) is 70.9 Å². The van der Waals surface area contributed by atoms with Gasteiger partial charge in [-0.25, -0.2) is 9.37 Å². The largest absolute Gasteiger partial charge is 0.508 e. The SMILES string of the molecule is O=c1c(Cc2ccc(F)cc2)nc2c(CC3C=CC=CC3)[nH]c3c(n1-2)CCc1cc(O)ccc1-3. The number of halogens is 1. The summed E-state index contributed by atoms with van der Waals surface area (Å²) in [5, 5.41) is 9.97. The summed E-state index contributed by atoms with van der Waals surface area (Å²) in [5.41, 5.74) is 6.02. The molecule has 0 fully saturated rings. The number of aromatic hydroxyl groups is 1. The van der Waals surface area contributed by atoms with Gasteiger partial charge in [-0.15, -0.1) is 0 Å². The van der Waals surface area contributed by atoms with Gasteiger partial charge in [-0.2, -0.15) is 0 Å². The Labute approximate surface area is 196 Å². The first kappa shape index (κ1) is 20.7. The van der Waals surface area contributed by atoms with Crippen molar-refractivity contribution in [3.63, 3.8) is 0 Å². The molecule has 5 nitrogen and oxygen atoms in total. The van der Waals surface area contributed by atoms with E-state index in [1.807, 2.05) is 6.07 Å². The van der Waals surface area contributed by atoms with Crippen molar-refractivity contribution in [1.29, 1.82) is 0 Å². The summed E-state index contributed by atoms with van der Waals surface area (Å²) in [6, 6.07) is 11.6. The van der Waals surface area contributed by atoms with Crippen LogP contribution in [0.2, 0.25) is 0 Å². The molecular weight excluding hydrogens is 429 g/mol. The van der Waals surface area contributed by atoms with Crippen LogP contribution < -0.4 is 5.56 Å². The molecule has 6 rings (SSSR count). The minimum absolute atomic E-state index is 0.118. The number of H-pyrrole nitrogens is 1. The van der Waals surface area contributed by atoms with Crippen molar-refractivity contribution in [2.24, 2.45) is 5.92 Å². The Morgan fingerprint density at radius 2 is 1.97 bits per heavy atom. The Bertz CT molecular complexity index is 1480. The lowest BCUT2D eigenvalue weighted by atomic mass is 9.90. The number of nitrogens with zero attached hydrogens (tertiary/aromatic N) is 2. The van der Waals surface area contributed by atoms with E-state index in [9.17, 15) is 14.3 Å². The summed E-state index contributed by atoms with van der Waals surface area (Å²) in [6.45, 7) is 0. The summed E-state index contributed by atoms with van der Waals surface area (Å²) in [4.78, 5) is 22.1. The number of nitrogens with one attached hydrogen (secondary N) is 1. The van der Waals surface area contributed by atoms with E-state index in [1.165, 1.54) is 12.1 Å². The molecule has 34 heavy (non-hydrogen) atoms. The molecule has 0 aromatic heterocycles. The average molecular weight is 454 g/mol. The van der Waals surface area contributed by atoms with Gasteiger partial charge in [0.1, 0.15) is 17.3 Å². The summed E-state index contributed by atoms with van der Waals surface area (Å²) in [5.74, 6) is 0.937.